The van der Waals surface area contributed by atoms with Crippen LogP contribution in [0, 0.1) is 17.0 Å². The summed E-state index contributed by atoms with van der Waals surface area (Å²) in [5.41, 5.74) is 2.95. The van der Waals surface area contributed by atoms with Gasteiger partial charge in [0.2, 0.25) is 11.8 Å². The van der Waals surface area contributed by atoms with Crippen LogP contribution < -0.4 is 10.6 Å². The van der Waals surface area contributed by atoms with Gasteiger partial charge in [-0.15, -0.1) is 0 Å². The van der Waals surface area contributed by atoms with Gasteiger partial charge in [-0.1, -0.05) is 30.3 Å². The topological polar surface area (TPSA) is 86.9 Å². The Morgan fingerprint density at radius 3 is 2.18 bits per heavy atom. The van der Waals surface area contributed by atoms with E-state index in [9.17, 15) is 14.0 Å². The van der Waals surface area contributed by atoms with Gasteiger partial charge in [-0.05, 0) is 66.9 Å². The molecule has 2 aromatic heterocycles. The number of H-pyrrole nitrogens is 1. The van der Waals surface area contributed by atoms with Crippen molar-refractivity contribution < 1.29 is 18.4 Å². The maximum atomic E-state index is 15.0. The van der Waals surface area contributed by atoms with Gasteiger partial charge in [0, 0.05) is 45.8 Å². The Bertz CT molecular complexity index is 1680. The number of amides is 2. The number of fused-ring (bicyclic) bond motifs is 1. The maximum absolute atomic E-state index is 15.0. The van der Waals surface area contributed by atoms with Crippen LogP contribution in [0.1, 0.15) is 12.8 Å². The Morgan fingerprint density at radius 2 is 1.47 bits per heavy atom. The summed E-state index contributed by atoms with van der Waals surface area (Å²) in [6.45, 7) is 0. The maximum Gasteiger partial charge on any atom is 0.240 e. The lowest BCUT2D eigenvalue weighted by Gasteiger charge is -2.16. The molecule has 6 nitrogen and oxygen atoms in total. The number of hydrogen-bond donors (Lipinski definition) is 3. The van der Waals surface area contributed by atoms with Crippen LogP contribution in [0.25, 0.3) is 33.3 Å². The monoisotopic (exact) mass is 508 g/mol. The molecule has 3 N–H and O–H groups in total. The number of benzene rings is 3. The second-order valence-electron chi connectivity index (χ2n) is 9.38. The number of carbonyl (C=O) groups is 2. The van der Waals surface area contributed by atoms with Crippen LogP contribution in [0.4, 0.5) is 20.2 Å². The molecule has 1 saturated carbocycles. The molecule has 0 saturated heterocycles. The lowest BCUT2D eigenvalue weighted by Crippen LogP contribution is -2.35. The number of anilines is 2. The Hall–Kier alpha value is -4.85. The predicted octanol–water partition coefficient (Wildman–Crippen LogP) is 6.53. The zero-order valence-electron chi connectivity index (χ0n) is 20.1. The normalized spacial score (nSPS) is 13.7. The highest BCUT2D eigenvalue weighted by Crippen LogP contribution is 2.47. The number of aromatic amines is 1. The molecule has 5 aromatic rings. The Morgan fingerprint density at radius 1 is 0.789 bits per heavy atom. The van der Waals surface area contributed by atoms with E-state index in [0.717, 1.165) is 16.5 Å². The Kier molecular flexibility index (Phi) is 5.72. The number of aromatic nitrogens is 2. The third-order valence-electron chi connectivity index (χ3n) is 6.87. The highest BCUT2D eigenvalue weighted by atomic mass is 19.1. The zero-order chi connectivity index (χ0) is 26.3. The summed E-state index contributed by atoms with van der Waals surface area (Å²) in [6, 6.07) is 21.4. The summed E-state index contributed by atoms with van der Waals surface area (Å²) in [6.07, 6.45) is 4.22. The van der Waals surface area contributed by atoms with Crippen molar-refractivity contribution in [3.05, 3.63) is 103 Å². The summed E-state index contributed by atoms with van der Waals surface area (Å²) in [7, 11) is 0. The molecule has 188 valence electrons. The highest BCUT2D eigenvalue weighted by molar-refractivity contribution is 6.17. The van der Waals surface area contributed by atoms with E-state index in [1.807, 2.05) is 36.4 Å². The van der Waals surface area contributed by atoms with Crippen molar-refractivity contribution in [2.75, 3.05) is 10.6 Å². The second kappa shape index (κ2) is 9.23. The number of nitrogens with one attached hydrogen (secondary N) is 3. The van der Waals surface area contributed by atoms with E-state index in [0.29, 0.717) is 41.0 Å². The first-order chi connectivity index (χ1) is 18.4. The van der Waals surface area contributed by atoms with E-state index in [1.54, 1.807) is 18.5 Å². The molecule has 6 rings (SSSR count). The second-order valence-corrected chi connectivity index (χ2v) is 9.38. The molecule has 0 bridgehead atoms. The molecule has 0 aliphatic heterocycles. The van der Waals surface area contributed by atoms with E-state index in [-0.39, 0.29) is 0 Å². The summed E-state index contributed by atoms with van der Waals surface area (Å²) in [5, 5.41) is 6.21. The summed E-state index contributed by atoms with van der Waals surface area (Å²) in [4.78, 5) is 33.6. The molecule has 38 heavy (non-hydrogen) atoms. The predicted molar refractivity (Wildman–Crippen MR) is 142 cm³/mol. The fraction of sp³-hybridized carbons (Fsp3) is 0.100. The van der Waals surface area contributed by atoms with Crippen molar-refractivity contribution in [1.82, 2.24) is 9.97 Å². The van der Waals surface area contributed by atoms with Crippen LogP contribution in [0.5, 0.6) is 0 Å². The summed E-state index contributed by atoms with van der Waals surface area (Å²) < 4.78 is 28.2. The van der Waals surface area contributed by atoms with E-state index in [1.165, 1.54) is 36.4 Å². The van der Waals surface area contributed by atoms with Crippen molar-refractivity contribution >= 4 is 34.2 Å². The molecular formula is C30H22F2N4O2. The van der Waals surface area contributed by atoms with Gasteiger partial charge >= 0.3 is 0 Å². The van der Waals surface area contributed by atoms with Crippen LogP contribution in [0.3, 0.4) is 0 Å². The summed E-state index contributed by atoms with van der Waals surface area (Å²) in [5.74, 6) is -1.80. The van der Waals surface area contributed by atoms with Crippen molar-refractivity contribution in [2.24, 2.45) is 5.41 Å². The molecule has 1 aliphatic carbocycles. The molecule has 2 amide bonds. The minimum absolute atomic E-state index is 0.293. The third-order valence-corrected chi connectivity index (χ3v) is 6.87. The van der Waals surface area contributed by atoms with Crippen LogP contribution in [0.2, 0.25) is 0 Å². The number of halogens is 2. The summed E-state index contributed by atoms with van der Waals surface area (Å²) >= 11 is 0. The fourth-order valence-corrected chi connectivity index (χ4v) is 4.54. The SMILES string of the molecule is O=C(Nc1ccc(F)cc1)C1(C(=O)Nc2ccc(F)c(-c3c[nH]c4ncc(-c5ccccc5)cc34)c2)CC1. The number of carbonyl (C=O) groups excluding carboxylic acids is 2. The lowest BCUT2D eigenvalue weighted by molar-refractivity contribution is -0.131. The van der Waals surface area contributed by atoms with E-state index >= 15 is 4.39 Å². The molecule has 2 heterocycles. The van der Waals surface area contributed by atoms with Gasteiger partial charge in [0.25, 0.3) is 0 Å². The van der Waals surface area contributed by atoms with Crippen molar-refractivity contribution in [1.29, 1.82) is 0 Å². The van der Waals surface area contributed by atoms with Gasteiger partial charge in [0.15, 0.2) is 0 Å². The average Bonchev–Trinajstić information content (AvgIpc) is 3.66. The molecule has 1 fully saturated rings. The number of hydrogen-bond acceptors (Lipinski definition) is 3. The number of nitrogens with zero attached hydrogens (tertiary/aromatic N) is 1. The molecule has 3 aromatic carbocycles. The van der Waals surface area contributed by atoms with Crippen molar-refractivity contribution in [3.8, 4) is 22.3 Å². The van der Waals surface area contributed by atoms with Gasteiger partial charge in [-0.3, -0.25) is 9.59 Å². The third kappa shape index (κ3) is 4.30. The van der Waals surface area contributed by atoms with Gasteiger partial charge in [0.05, 0.1) is 0 Å². The minimum Gasteiger partial charge on any atom is -0.346 e. The van der Waals surface area contributed by atoms with E-state index < -0.39 is 28.9 Å². The molecule has 8 heteroatoms. The largest absolute Gasteiger partial charge is 0.346 e. The zero-order valence-corrected chi connectivity index (χ0v) is 20.1. The van der Waals surface area contributed by atoms with Crippen molar-refractivity contribution in [3.63, 3.8) is 0 Å². The van der Waals surface area contributed by atoms with E-state index in [4.69, 9.17) is 0 Å². The molecule has 1 aliphatic rings. The Labute approximate surface area is 216 Å². The Balaban J connectivity index is 1.26. The van der Waals surface area contributed by atoms with Gasteiger partial charge in [-0.2, -0.15) is 0 Å². The first kappa shape index (κ1) is 23.5. The minimum atomic E-state index is -1.22. The number of pyridine rings is 1. The van der Waals surface area contributed by atoms with Crippen LogP contribution in [0.15, 0.2) is 91.3 Å². The lowest BCUT2D eigenvalue weighted by atomic mass is 10.0. The molecular weight excluding hydrogens is 486 g/mol. The van der Waals surface area contributed by atoms with Gasteiger partial charge < -0.3 is 15.6 Å². The molecule has 0 unspecified atom stereocenters. The quantitative estimate of drug-likeness (QED) is 0.228. The fourth-order valence-electron chi connectivity index (χ4n) is 4.54. The van der Waals surface area contributed by atoms with Crippen LogP contribution >= 0.6 is 0 Å². The smallest absolute Gasteiger partial charge is 0.240 e. The first-order valence-electron chi connectivity index (χ1n) is 12.1. The molecule has 0 atom stereocenters. The standard InChI is InChI=1S/C30H22F2N4O2/c31-20-6-8-21(9-7-20)35-28(37)30(12-13-30)29(38)36-22-10-11-26(32)23(15-22)25-17-34-27-24(25)14-19(16-33-27)18-4-2-1-3-5-18/h1-11,14-17H,12-13H2,(H,33,34)(H,35,37)(H,36,38). The van der Waals surface area contributed by atoms with Crippen molar-refractivity contribution in [2.45, 2.75) is 12.8 Å². The average molecular weight is 509 g/mol. The van der Waals surface area contributed by atoms with E-state index in [2.05, 4.69) is 20.6 Å². The van der Waals surface area contributed by atoms with Crippen LogP contribution in [-0.4, -0.2) is 21.8 Å². The number of rotatable bonds is 6. The van der Waals surface area contributed by atoms with Gasteiger partial charge in [0.1, 0.15) is 22.7 Å². The first-order valence-corrected chi connectivity index (χ1v) is 12.1. The highest BCUT2D eigenvalue weighted by Gasteiger charge is 2.56. The molecule has 0 radical (unpaired) electrons. The van der Waals surface area contributed by atoms with Gasteiger partial charge in [-0.25, -0.2) is 13.8 Å². The van der Waals surface area contributed by atoms with Crippen LogP contribution in [-0.2, 0) is 9.59 Å². The molecule has 0 spiro atoms.